The van der Waals surface area contributed by atoms with Gasteiger partial charge in [0.05, 0.1) is 14.2 Å². The van der Waals surface area contributed by atoms with E-state index in [1.54, 1.807) is 0 Å². The van der Waals surface area contributed by atoms with E-state index < -0.39 is 6.09 Å². The summed E-state index contributed by atoms with van der Waals surface area (Å²) in [6.07, 6.45) is 1.35. The monoisotopic (exact) mass is 1160 g/mol. The minimum absolute atomic E-state index is 0.171. The number of benzene rings is 2. The molecule has 1 saturated heterocycles. The van der Waals surface area contributed by atoms with Crippen LogP contribution in [0.15, 0.2) is 71.9 Å². The van der Waals surface area contributed by atoms with Crippen molar-refractivity contribution in [1.29, 1.82) is 0 Å². The van der Waals surface area contributed by atoms with E-state index in [0.29, 0.717) is 19.2 Å². The van der Waals surface area contributed by atoms with Gasteiger partial charge in [0.25, 0.3) is 0 Å². The molecule has 4 rings (SSSR count). The normalized spacial score (nSPS) is 18.4. The fourth-order valence-electron chi connectivity index (χ4n) is 4.73. The molecule has 2 aliphatic heterocycles. The molecule has 1 fully saturated rings. The number of hydrogen-bond acceptors (Lipinski definition) is 6. The second kappa shape index (κ2) is 25.4. The topological polar surface area (TPSA) is 83.1 Å². The Hall–Kier alpha value is 0.290. The Morgan fingerprint density at radius 3 is 1.91 bits per heavy atom. The average molecular weight is 1160 g/mol. The molecular formula is C30H42I5N4O4-. The molecule has 0 aliphatic carbocycles. The molecule has 0 saturated carbocycles. The maximum absolute atomic E-state index is 11.3. The van der Waals surface area contributed by atoms with E-state index in [1.807, 2.05) is 24.3 Å². The number of methoxy groups -OCH3 is 2. The third-order valence-electron chi connectivity index (χ3n) is 7.17. The summed E-state index contributed by atoms with van der Waals surface area (Å²) in [5.41, 5.74) is 4.80. The van der Waals surface area contributed by atoms with Gasteiger partial charge in [-0.05, 0) is 43.4 Å². The van der Waals surface area contributed by atoms with Crippen molar-refractivity contribution < 1.29 is 32.3 Å². The molecule has 2 N–H and O–H groups in total. The molecule has 2 aromatic rings. The van der Waals surface area contributed by atoms with E-state index in [4.69, 9.17) is 0 Å². The molecule has 2 aliphatic rings. The number of rotatable bonds is 6. The van der Waals surface area contributed by atoms with Gasteiger partial charge in [0, 0.05) is 81.7 Å². The number of carbonyl (C=O) groups is 2. The molecule has 242 valence electrons. The van der Waals surface area contributed by atoms with Crippen molar-refractivity contribution in [2.75, 3.05) is 40.4 Å². The second-order valence-corrected chi connectivity index (χ2v) is 26.4. The number of nitrogens with one attached hydrogen (secondary N) is 2. The summed E-state index contributed by atoms with van der Waals surface area (Å²) in [5.74, 6) is 0.492. The van der Waals surface area contributed by atoms with Crippen molar-refractivity contribution in [2.24, 2.45) is 5.92 Å². The van der Waals surface area contributed by atoms with Crippen LogP contribution in [0.5, 0.6) is 0 Å². The second-order valence-electron chi connectivity index (χ2n) is 10.1. The number of halogens is 5. The van der Waals surface area contributed by atoms with Crippen LogP contribution < -0.4 is 23.9 Å². The van der Waals surface area contributed by atoms with Gasteiger partial charge in [-0.3, -0.25) is 15.1 Å². The van der Waals surface area contributed by atoms with Crippen molar-refractivity contribution in [3.05, 3.63) is 83.1 Å². The summed E-state index contributed by atoms with van der Waals surface area (Å²) < 4.78 is 9.34. The van der Waals surface area contributed by atoms with Gasteiger partial charge in [-0.1, -0.05) is 73.2 Å². The zero-order chi connectivity index (χ0) is 32.0. The van der Waals surface area contributed by atoms with Gasteiger partial charge >= 0.3 is 62.7 Å². The maximum atomic E-state index is 11.3. The molecule has 43 heavy (non-hydrogen) atoms. The summed E-state index contributed by atoms with van der Waals surface area (Å²) in [7, 11) is 2.79. The first-order valence-corrected chi connectivity index (χ1v) is 32.6. The number of alkyl carbamates (subject to hydrolysis) is 2. The Morgan fingerprint density at radius 2 is 1.40 bits per heavy atom. The summed E-state index contributed by atoms with van der Waals surface area (Å²) in [4.78, 5) is 27.4. The standard InChI is InChI=1S/C15H22N2O2.C15H20N2O2.I3.I2/c2*1-12-8-9-17(10-13-6-4-3-5-7-13)11-14(12)16-15(18)19-2;1-3-2;1-2/h3-7,12,14H,8-11H2,1-2H3,(H,16,18);3-7H,8-11H2,1-2H3,(H,16,18);;/q;;-1;. The van der Waals surface area contributed by atoms with E-state index >= 15 is 0 Å². The van der Waals surface area contributed by atoms with Crippen LogP contribution in [0.1, 0.15) is 37.8 Å². The number of carbonyl (C=O) groups excluding carboxylic acids is 2. The predicted molar refractivity (Wildman–Crippen MR) is 205 cm³/mol. The molecule has 0 bridgehead atoms. The first kappa shape index (κ1) is 41.3. The van der Waals surface area contributed by atoms with Crippen LogP contribution in [-0.4, -0.2) is 68.4 Å². The van der Waals surface area contributed by atoms with Crippen molar-refractivity contribution >= 4 is 86.6 Å². The van der Waals surface area contributed by atoms with Crippen molar-refractivity contribution in [2.45, 2.75) is 45.8 Å². The van der Waals surface area contributed by atoms with E-state index in [-0.39, 0.29) is 12.1 Å². The predicted octanol–water partition coefficient (Wildman–Crippen LogP) is 5.32. The molecule has 2 atom stereocenters. The zero-order valence-corrected chi connectivity index (χ0v) is 35.8. The van der Waals surface area contributed by atoms with Crippen molar-refractivity contribution in [3.63, 3.8) is 0 Å². The van der Waals surface area contributed by atoms with Gasteiger partial charge in [0.1, 0.15) is 0 Å². The van der Waals surface area contributed by atoms with Crippen LogP contribution in [0.2, 0.25) is 0 Å². The molecule has 2 aromatic carbocycles. The number of piperidine rings is 1. The Bertz CT molecular complexity index is 1080. The van der Waals surface area contributed by atoms with Crippen molar-refractivity contribution in [3.8, 4) is 0 Å². The van der Waals surface area contributed by atoms with Gasteiger partial charge in [-0.2, -0.15) is 0 Å². The number of nitrogens with zero attached hydrogens (tertiary/aromatic N) is 2. The molecule has 0 spiro atoms. The molecule has 0 radical (unpaired) electrons. The number of amides is 2. The number of likely N-dealkylation sites (tertiary alicyclic amines) is 1. The summed E-state index contributed by atoms with van der Waals surface area (Å²) in [6, 6.07) is 21.0. The van der Waals surface area contributed by atoms with Gasteiger partial charge in [-0.25, -0.2) is 9.59 Å². The Morgan fingerprint density at radius 1 is 0.884 bits per heavy atom. The van der Waals surface area contributed by atoms with Crippen LogP contribution >= 0.6 is 74.5 Å². The Labute approximate surface area is 310 Å². The number of hydrogen-bond donors (Lipinski definition) is 2. The molecular weight excluding hydrogens is 1110 g/mol. The third-order valence-corrected chi connectivity index (χ3v) is 7.17. The fourth-order valence-corrected chi connectivity index (χ4v) is 4.73. The Kier molecular flexibility index (Phi) is 24.4. The van der Waals surface area contributed by atoms with Gasteiger partial charge in [-0.15, -0.1) is 0 Å². The van der Waals surface area contributed by atoms with E-state index in [9.17, 15) is 9.59 Å². The molecule has 2 amide bonds. The van der Waals surface area contributed by atoms with E-state index in [2.05, 4.69) is 155 Å². The third kappa shape index (κ3) is 17.7. The van der Waals surface area contributed by atoms with Crippen LogP contribution in [0.25, 0.3) is 0 Å². The summed E-state index contributed by atoms with van der Waals surface area (Å²) in [5, 5.41) is 5.74. The van der Waals surface area contributed by atoms with Gasteiger partial charge < -0.3 is 14.8 Å². The Balaban J connectivity index is 0.000000374. The molecule has 13 heteroatoms. The van der Waals surface area contributed by atoms with Crippen molar-refractivity contribution in [1.82, 2.24) is 20.4 Å². The van der Waals surface area contributed by atoms with Crippen LogP contribution in [0.3, 0.4) is 0 Å². The van der Waals surface area contributed by atoms with Crippen LogP contribution in [-0.2, 0) is 22.6 Å². The summed E-state index contributed by atoms with van der Waals surface area (Å²) in [6.45, 7) is 9.82. The SMILES string of the molecule is COC(=O)NC1=C(C)CCN(Cc2ccccc2)C1.COC(=O)NC1CN(Cc2ccccc2)CCC1C.II.I[I-]I. The molecule has 8 nitrogen and oxygen atoms in total. The van der Waals surface area contributed by atoms with E-state index in [0.717, 1.165) is 57.8 Å². The minimum atomic E-state index is -0.393. The summed E-state index contributed by atoms with van der Waals surface area (Å²) >= 11 is 9.54. The quantitative estimate of drug-likeness (QED) is 0.382. The molecule has 2 unspecified atom stereocenters. The number of ether oxygens (including phenoxy) is 2. The molecule has 2 heterocycles. The first-order chi connectivity index (χ1) is 20.8. The fraction of sp³-hybridized carbons (Fsp3) is 0.467. The van der Waals surface area contributed by atoms with Crippen LogP contribution in [0, 0.1) is 5.92 Å². The van der Waals surface area contributed by atoms with Gasteiger partial charge in [0.2, 0.25) is 0 Å². The van der Waals surface area contributed by atoms with Crippen LogP contribution in [0.4, 0.5) is 9.59 Å². The molecule has 0 aromatic heterocycles. The first-order valence-electron chi connectivity index (χ1n) is 13.7. The van der Waals surface area contributed by atoms with E-state index in [1.165, 1.54) is 30.9 Å². The zero-order valence-electron chi connectivity index (χ0n) is 25.0. The van der Waals surface area contributed by atoms with Gasteiger partial charge in [0.15, 0.2) is 0 Å². The average Bonchev–Trinajstić information content (AvgIpc) is 3.03.